The highest BCUT2D eigenvalue weighted by Gasteiger charge is 2.16. The molecule has 0 unspecified atom stereocenters. The third-order valence-corrected chi connectivity index (χ3v) is 1.74. The van der Waals surface area contributed by atoms with Crippen molar-refractivity contribution >= 4 is 5.97 Å². The summed E-state index contributed by atoms with van der Waals surface area (Å²) in [5, 5.41) is 8.46. The van der Waals surface area contributed by atoms with Crippen LogP contribution in [0.25, 0.3) is 0 Å². The molecule has 0 radical (unpaired) electrons. The quantitative estimate of drug-likeness (QED) is 0.819. The Morgan fingerprint density at radius 3 is 2.19 bits per heavy atom. The molecule has 0 atom stereocenters. The Morgan fingerprint density at radius 1 is 1.31 bits per heavy atom. The smallest absolute Gasteiger partial charge is 0.345 e. The molecule has 0 heterocycles. The lowest BCUT2D eigenvalue weighted by atomic mass is 10.1. The molecule has 0 spiro atoms. The molecule has 0 aromatic heterocycles. The summed E-state index contributed by atoms with van der Waals surface area (Å²) >= 11 is 0. The van der Waals surface area contributed by atoms with Gasteiger partial charge < -0.3 is 9.84 Å². The number of carbonyl (C=O) groups is 1. The third kappa shape index (κ3) is 2.93. The molecule has 7 heteroatoms. The van der Waals surface area contributed by atoms with Crippen molar-refractivity contribution in [2.24, 2.45) is 0 Å². The van der Waals surface area contributed by atoms with E-state index in [1.807, 2.05) is 0 Å². The Hall–Kier alpha value is -1.63. The average Bonchev–Trinajstić information content (AvgIpc) is 2.15. The van der Waals surface area contributed by atoms with Gasteiger partial charge in [-0.1, -0.05) is 0 Å². The fourth-order valence-corrected chi connectivity index (χ4v) is 1.01. The summed E-state index contributed by atoms with van der Waals surface area (Å²) in [5.74, 6) is -3.99. The molecule has 16 heavy (non-hydrogen) atoms. The van der Waals surface area contributed by atoms with E-state index in [9.17, 15) is 22.4 Å². The zero-order chi connectivity index (χ0) is 12.3. The van der Waals surface area contributed by atoms with E-state index in [0.717, 1.165) is 0 Å². The van der Waals surface area contributed by atoms with E-state index < -0.39 is 41.9 Å². The summed E-state index contributed by atoms with van der Waals surface area (Å²) in [7, 11) is 0. The van der Waals surface area contributed by atoms with Crippen molar-refractivity contribution in [1.29, 1.82) is 0 Å². The molecule has 0 aliphatic heterocycles. The molecule has 0 saturated heterocycles. The topological polar surface area (TPSA) is 46.5 Å². The van der Waals surface area contributed by atoms with Crippen molar-refractivity contribution in [1.82, 2.24) is 0 Å². The minimum absolute atomic E-state index is 0.537. The summed E-state index contributed by atoms with van der Waals surface area (Å²) in [6, 6.07) is 1.07. The Bertz CT molecular complexity index is 383. The van der Waals surface area contributed by atoms with E-state index in [1.165, 1.54) is 0 Å². The van der Waals surface area contributed by atoms with Gasteiger partial charge in [0.2, 0.25) is 0 Å². The zero-order valence-corrected chi connectivity index (χ0v) is 7.71. The summed E-state index contributed by atoms with van der Waals surface area (Å²) in [4.78, 5) is 10.4. The minimum atomic E-state index is -3.15. The van der Waals surface area contributed by atoms with E-state index in [2.05, 4.69) is 4.74 Å². The van der Waals surface area contributed by atoms with Gasteiger partial charge in [0.05, 0.1) is 12.2 Å². The van der Waals surface area contributed by atoms with Crippen LogP contribution in [0.2, 0.25) is 0 Å². The molecule has 0 fully saturated rings. The lowest BCUT2D eigenvalue weighted by Crippen LogP contribution is -2.06. The maximum Gasteiger partial charge on any atom is 0.345 e. The Labute approximate surface area is 87.3 Å². The highest BCUT2D eigenvalue weighted by atomic mass is 19.3. The van der Waals surface area contributed by atoms with Crippen LogP contribution >= 0.6 is 0 Å². The van der Waals surface area contributed by atoms with Gasteiger partial charge in [-0.05, 0) is 12.1 Å². The van der Waals surface area contributed by atoms with Crippen LogP contribution in [0.3, 0.4) is 0 Å². The molecule has 1 N–H and O–H groups in total. The van der Waals surface area contributed by atoms with Gasteiger partial charge in [0.15, 0.2) is 0 Å². The predicted molar refractivity (Wildman–Crippen MR) is 44.1 cm³/mol. The minimum Gasteiger partial charge on any atom is -0.478 e. The van der Waals surface area contributed by atoms with Gasteiger partial charge in [0, 0.05) is 5.56 Å². The largest absolute Gasteiger partial charge is 0.478 e. The number of carboxylic acids is 1. The third-order valence-electron chi connectivity index (χ3n) is 1.74. The molecule has 88 valence electrons. The number of halogens is 4. The van der Waals surface area contributed by atoms with Crippen molar-refractivity contribution in [2.75, 3.05) is 0 Å². The monoisotopic (exact) mass is 238 g/mol. The summed E-state index contributed by atoms with van der Waals surface area (Å²) in [5.41, 5.74) is -1.33. The van der Waals surface area contributed by atoms with Gasteiger partial charge in [-0.15, -0.1) is 0 Å². The molecule has 3 nitrogen and oxygen atoms in total. The van der Waals surface area contributed by atoms with Crippen LogP contribution < -0.4 is 0 Å². The van der Waals surface area contributed by atoms with Crippen molar-refractivity contribution < 1.29 is 32.2 Å². The van der Waals surface area contributed by atoms with Crippen LogP contribution in [0.4, 0.5) is 17.6 Å². The molecule has 1 aromatic carbocycles. The number of hydrogen-bond acceptors (Lipinski definition) is 2. The Balaban J connectivity index is 2.98. The average molecular weight is 238 g/mol. The number of hydrogen-bond donors (Lipinski definition) is 1. The van der Waals surface area contributed by atoms with E-state index in [4.69, 9.17) is 5.11 Å². The molecule has 0 saturated carbocycles. The SMILES string of the molecule is O=C(O)c1cc(F)c(COC(F)F)c(F)c1. The molecule has 0 aliphatic rings. The van der Waals surface area contributed by atoms with Crippen molar-refractivity contribution in [3.63, 3.8) is 0 Å². The highest BCUT2D eigenvalue weighted by molar-refractivity contribution is 5.87. The van der Waals surface area contributed by atoms with Gasteiger partial charge >= 0.3 is 12.6 Å². The lowest BCUT2D eigenvalue weighted by Gasteiger charge is -2.06. The normalized spacial score (nSPS) is 10.8. The molecule has 1 aromatic rings. The van der Waals surface area contributed by atoms with Crippen molar-refractivity contribution in [3.8, 4) is 0 Å². The summed E-state index contributed by atoms with van der Waals surface area (Å²) < 4.78 is 53.2. The lowest BCUT2D eigenvalue weighted by molar-refractivity contribution is -0.138. The van der Waals surface area contributed by atoms with Crippen LogP contribution in [-0.2, 0) is 11.3 Å². The fraction of sp³-hybridized carbons (Fsp3) is 0.222. The maximum absolute atomic E-state index is 13.1. The first kappa shape index (κ1) is 12.4. The maximum atomic E-state index is 13.1. The molecular formula is C9H6F4O3. The van der Waals surface area contributed by atoms with Crippen LogP contribution in [0.5, 0.6) is 0 Å². The van der Waals surface area contributed by atoms with Crippen LogP contribution in [-0.4, -0.2) is 17.7 Å². The van der Waals surface area contributed by atoms with Crippen molar-refractivity contribution in [3.05, 3.63) is 34.9 Å². The fourth-order valence-electron chi connectivity index (χ4n) is 1.01. The van der Waals surface area contributed by atoms with Crippen LogP contribution in [0.1, 0.15) is 15.9 Å². The number of aromatic carboxylic acids is 1. The van der Waals surface area contributed by atoms with Gasteiger partial charge in [-0.25, -0.2) is 13.6 Å². The summed E-state index contributed by atoms with van der Waals surface area (Å²) in [6.07, 6.45) is 0. The van der Waals surface area contributed by atoms with Gasteiger partial charge in [-0.2, -0.15) is 8.78 Å². The van der Waals surface area contributed by atoms with E-state index >= 15 is 0 Å². The van der Waals surface area contributed by atoms with Gasteiger partial charge in [-0.3, -0.25) is 0 Å². The van der Waals surface area contributed by atoms with Crippen molar-refractivity contribution in [2.45, 2.75) is 13.2 Å². The summed E-state index contributed by atoms with van der Waals surface area (Å²) in [6.45, 7) is -4.12. The number of carboxylic acid groups (broad SMARTS) is 1. The Kier molecular flexibility index (Phi) is 3.83. The first-order valence-corrected chi connectivity index (χ1v) is 4.02. The first-order chi connectivity index (χ1) is 7.41. The standard InChI is InChI=1S/C9H6F4O3/c10-6-1-4(8(14)15)2-7(11)5(6)3-16-9(12)13/h1-2,9H,3H2,(H,14,15). The van der Waals surface area contributed by atoms with E-state index in [-0.39, 0.29) is 0 Å². The molecular weight excluding hydrogens is 232 g/mol. The molecule has 0 bridgehead atoms. The second kappa shape index (κ2) is 4.93. The Morgan fingerprint density at radius 2 is 1.81 bits per heavy atom. The highest BCUT2D eigenvalue weighted by Crippen LogP contribution is 2.17. The van der Waals surface area contributed by atoms with E-state index in [0.29, 0.717) is 12.1 Å². The zero-order valence-electron chi connectivity index (χ0n) is 7.71. The number of benzene rings is 1. The van der Waals surface area contributed by atoms with Crippen LogP contribution in [0.15, 0.2) is 12.1 Å². The number of ether oxygens (including phenoxy) is 1. The second-order valence-electron chi connectivity index (χ2n) is 2.80. The molecule has 1 rings (SSSR count). The molecule has 0 aliphatic carbocycles. The second-order valence-corrected chi connectivity index (χ2v) is 2.80. The predicted octanol–water partition coefficient (Wildman–Crippen LogP) is 2.40. The van der Waals surface area contributed by atoms with Gasteiger partial charge in [0.1, 0.15) is 11.6 Å². The van der Waals surface area contributed by atoms with Gasteiger partial charge in [0.25, 0.3) is 0 Å². The molecule has 0 amide bonds. The van der Waals surface area contributed by atoms with E-state index in [1.54, 1.807) is 0 Å². The van der Waals surface area contributed by atoms with Crippen LogP contribution in [0, 0.1) is 11.6 Å². The number of rotatable bonds is 4. The first-order valence-electron chi connectivity index (χ1n) is 4.02. The number of alkyl halides is 2.